The van der Waals surface area contributed by atoms with Crippen molar-refractivity contribution in [3.63, 3.8) is 0 Å². The summed E-state index contributed by atoms with van der Waals surface area (Å²) < 4.78 is 1.47. The molecule has 0 fully saturated rings. The summed E-state index contributed by atoms with van der Waals surface area (Å²) in [6.45, 7) is 4.08. The fourth-order valence-electron chi connectivity index (χ4n) is 2.74. The van der Waals surface area contributed by atoms with Gasteiger partial charge >= 0.3 is 0 Å². The first-order valence-corrected chi connectivity index (χ1v) is 8.32. The minimum Gasteiger partial charge on any atom is -0.348 e. The highest BCUT2D eigenvalue weighted by atomic mass is 16.2. The van der Waals surface area contributed by atoms with Gasteiger partial charge in [-0.15, -0.1) is 0 Å². The van der Waals surface area contributed by atoms with Gasteiger partial charge in [0.1, 0.15) is 12.7 Å². The van der Waals surface area contributed by atoms with Gasteiger partial charge in [-0.3, -0.25) is 9.59 Å². The number of pyridine rings is 1. The summed E-state index contributed by atoms with van der Waals surface area (Å²) in [6, 6.07) is 3.21. The third-order valence-corrected chi connectivity index (χ3v) is 4.05. The Labute approximate surface area is 149 Å². The maximum Gasteiger partial charge on any atom is 0.269 e. The van der Waals surface area contributed by atoms with Crippen LogP contribution in [0.3, 0.4) is 0 Å². The SMILES string of the molecule is CCc1n[nH]c(=O)c(CNC(=O)c2ccnc(-n3cncn3)c2)c1CC. The number of nitrogens with zero attached hydrogens (tertiary/aromatic N) is 5. The van der Waals surface area contributed by atoms with Gasteiger partial charge in [0, 0.05) is 23.9 Å². The molecule has 1 amide bonds. The van der Waals surface area contributed by atoms with Gasteiger partial charge in [-0.2, -0.15) is 10.2 Å². The molecule has 0 aliphatic carbocycles. The fraction of sp³-hybridized carbons (Fsp3) is 0.294. The van der Waals surface area contributed by atoms with E-state index >= 15 is 0 Å². The van der Waals surface area contributed by atoms with Crippen molar-refractivity contribution in [2.24, 2.45) is 0 Å². The molecule has 2 N–H and O–H groups in total. The molecule has 3 heterocycles. The molecule has 0 saturated heterocycles. The lowest BCUT2D eigenvalue weighted by molar-refractivity contribution is 0.0950. The van der Waals surface area contributed by atoms with Gasteiger partial charge in [-0.1, -0.05) is 13.8 Å². The van der Waals surface area contributed by atoms with Crippen molar-refractivity contribution >= 4 is 5.91 Å². The number of amides is 1. The standard InChI is InChI=1S/C17H19N7O2/c1-3-12-13(17(26)23-22-14(12)4-2)8-20-16(25)11-5-6-19-15(7-11)24-10-18-9-21-24/h5-7,9-10H,3-4,8H2,1-2H3,(H,20,25)(H,23,26). The third kappa shape index (κ3) is 3.51. The van der Waals surface area contributed by atoms with Gasteiger partial charge in [-0.25, -0.2) is 19.7 Å². The topological polar surface area (TPSA) is 118 Å². The van der Waals surface area contributed by atoms with Crippen molar-refractivity contribution in [1.29, 1.82) is 0 Å². The Bertz CT molecular complexity index is 963. The van der Waals surface area contributed by atoms with E-state index in [0.717, 1.165) is 11.3 Å². The van der Waals surface area contributed by atoms with Crippen LogP contribution in [-0.4, -0.2) is 35.9 Å². The first-order valence-electron chi connectivity index (χ1n) is 8.32. The number of carbonyl (C=O) groups is 1. The van der Waals surface area contributed by atoms with E-state index < -0.39 is 0 Å². The number of aromatic amines is 1. The molecule has 0 unspecified atom stereocenters. The second kappa shape index (κ2) is 7.68. The summed E-state index contributed by atoms with van der Waals surface area (Å²) in [7, 11) is 0. The monoisotopic (exact) mass is 353 g/mol. The normalized spacial score (nSPS) is 10.7. The van der Waals surface area contributed by atoms with Crippen LogP contribution in [0.1, 0.15) is 41.0 Å². The molecule has 3 rings (SSSR count). The molecular formula is C17H19N7O2. The summed E-state index contributed by atoms with van der Waals surface area (Å²) in [5, 5.41) is 13.4. The molecule has 0 aliphatic heterocycles. The predicted octanol–water partition coefficient (Wildman–Crippen LogP) is 0.800. The summed E-state index contributed by atoms with van der Waals surface area (Å²) in [6.07, 6.45) is 5.81. The maximum atomic E-state index is 12.5. The highest BCUT2D eigenvalue weighted by Crippen LogP contribution is 2.11. The molecule has 0 atom stereocenters. The average molecular weight is 353 g/mol. The molecule has 9 nitrogen and oxygen atoms in total. The van der Waals surface area contributed by atoms with E-state index in [-0.39, 0.29) is 18.0 Å². The Morgan fingerprint density at radius 3 is 2.81 bits per heavy atom. The number of nitrogens with one attached hydrogen (secondary N) is 2. The van der Waals surface area contributed by atoms with Crippen molar-refractivity contribution in [3.8, 4) is 5.82 Å². The molecule has 0 aliphatic rings. The number of carbonyl (C=O) groups excluding carboxylic acids is 1. The van der Waals surface area contributed by atoms with Gasteiger partial charge < -0.3 is 5.32 Å². The van der Waals surface area contributed by atoms with Crippen LogP contribution in [0.25, 0.3) is 5.82 Å². The van der Waals surface area contributed by atoms with Crippen LogP contribution in [0.4, 0.5) is 0 Å². The highest BCUT2D eigenvalue weighted by Gasteiger charge is 2.14. The molecule has 0 spiro atoms. The molecule has 0 aromatic carbocycles. The van der Waals surface area contributed by atoms with E-state index in [1.807, 2.05) is 13.8 Å². The summed E-state index contributed by atoms with van der Waals surface area (Å²) in [5.74, 6) is 0.185. The summed E-state index contributed by atoms with van der Waals surface area (Å²) >= 11 is 0. The molecule has 134 valence electrons. The van der Waals surface area contributed by atoms with Crippen LogP contribution in [0.15, 0.2) is 35.8 Å². The molecule has 9 heteroatoms. The summed E-state index contributed by atoms with van der Waals surface area (Å²) in [4.78, 5) is 32.6. The minimum atomic E-state index is -0.301. The van der Waals surface area contributed by atoms with Crippen molar-refractivity contribution < 1.29 is 4.79 Å². The van der Waals surface area contributed by atoms with E-state index in [1.165, 1.54) is 23.5 Å². The van der Waals surface area contributed by atoms with Crippen molar-refractivity contribution in [2.45, 2.75) is 33.2 Å². The minimum absolute atomic E-state index is 0.133. The van der Waals surface area contributed by atoms with Gasteiger partial charge in [0.15, 0.2) is 5.82 Å². The van der Waals surface area contributed by atoms with Gasteiger partial charge in [-0.05, 0) is 30.5 Å². The summed E-state index contributed by atoms with van der Waals surface area (Å²) in [5.41, 5.74) is 2.41. The first kappa shape index (κ1) is 17.5. The van der Waals surface area contributed by atoms with Crippen molar-refractivity contribution in [3.05, 3.63) is 63.7 Å². The number of rotatable bonds is 6. The largest absolute Gasteiger partial charge is 0.348 e. The number of aryl methyl sites for hydroxylation is 1. The molecule has 0 bridgehead atoms. The maximum absolute atomic E-state index is 12.5. The lowest BCUT2D eigenvalue weighted by Crippen LogP contribution is -2.29. The van der Waals surface area contributed by atoms with Gasteiger partial charge in [0.25, 0.3) is 11.5 Å². The zero-order valence-corrected chi connectivity index (χ0v) is 14.6. The van der Waals surface area contributed by atoms with Gasteiger partial charge in [0.05, 0.1) is 5.69 Å². The fourth-order valence-corrected chi connectivity index (χ4v) is 2.74. The van der Waals surface area contributed by atoms with Crippen LogP contribution in [-0.2, 0) is 19.4 Å². The van der Waals surface area contributed by atoms with Crippen molar-refractivity contribution in [2.75, 3.05) is 0 Å². The lowest BCUT2D eigenvalue weighted by atomic mass is 10.0. The van der Waals surface area contributed by atoms with Crippen molar-refractivity contribution in [1.82, 2.24) is 35.3 Å². The lowest BCUT2D eigenvalue weighted by Gasteiger charge is -2.11. The Kier molecular flexibility index (Phi) is 5.16. The zero-order chi connectivity index (χ0) is 18.5. The second-order valence-corrected chi connectivity index (χ2v) is 5.59. The number of hydrogen-bond acceptors (Lipinski definition) is 6. The zero-order valence-electron chi connectivity index (χ0n) is 14.6. The second-order valence-electron chi connectivity index (χ2n) is 5.59. The molecule has 3 aromatic rings. The third-order valence-electron chi connectivity index (χ3n) is 4.05. The molecule has 0 radical (unpaired) electrons. The van der Waals surface area contributed by atoms with Crippen LogP contribution < -0.4 is 10.9 Å². The van der Waals surface area contributed by atoms with E-state index in [4.69, 9.17) is 0 Å². The van der Waals surface area contributed by atoms with Crippen LogP contribution in [0.5, 0.6) is 0 Å². The number of hydrogen-bond donors (Lipinski definition) is 2. The smallest absolute Gasteiger partial charge is 0.269 e. The quantitative estimate of drug-likeness (QED) is 0.677. The first-order chi connectivity index (χ1) is 12.6. The number of H-pyrrole nitrogens is 1. The number of aromatic nitrogens is 6. The highest BCUT2D eigenvalue weighted by molar-refractivity contribution is 5.94. The van der Waals surface area contributed by atoms with Crippen LogP contribution in [0, 0.1) is 0 Å². The average Bonchev–Trinajstić information content (AvgIpc) is 3.21. The molecule has 3 aromatic heterocycles. The Morgan fingerprint density at radius 1 is 1.27 bits per heavy atom. The van der Waals surface area contributed by atoms with Crippen LogP contribution >= 0.6 is 0 Å². The van der Waals surface area contributed by atoms with E-state index in [9.17, 15) is 9.59 Å². The molecule has 0 saturated carbocycles. The predicted molar refractivity (Wildman–Crippen MR) is 93.9 cm³/mol. The Morgan fingerprint density at radius 2 is 2.12 bits per heavy atom. The van der Waals surface area contributed by atoms with E-state index in [2.05, 4.69) is 30.6 Å². The van der Waals surface area contributed by atoms with Crippen LogP contribution in [0.2, 0.25) is 0 Å². The Balaban J connectivity index is 1.80. The van der Waals surface area contributed by atoms with Gasteiger partial charge in [0.2, 0.25) is 0 Å². The van der Waals surface area contributed by atoms with E-state index in [0.29, 0.717) is 29.8 Å². The molecule has 26 heavy (non-hydrogen) atoms. The van der Waals surface area contributed by atoms with E-state index in [1.54, 1.807) is 12.1 Å². The Hall–Kier alpha value is -3.36. The molecular weight excluding hydrogens is 334 g/mol.